The highest BCUT2D eigenvalue weighted by molar-refractivity contribution is 9.10. The van der Waals surface area contributed by atoms with Crippen molar-refractivity contribution in [2.45, 2.75) is 13.8 Å². The Balaban J connectivity index is 2.40. The van der Waals surface area contributed by atoms with Gasteiger partial charge in [0.2, 0.25) is 0 Å². The maximum atomic E-state index is 5.97. The quantitative estimate of drug-likeness (QED) is 0.666. The van der Waals surface area contributed by atoms with E-state index in [9.17, 15) is 0 Å². The van der Waals surface area contributed by atoms with Gasteiger partial charge in [0.15, 0.2) is 0 Å². The molecule has 2 rings (SSSR count). The van der Waals surface area contributed by atoms with Crippen molar-refractivity contribution in [3.05, 3.63) is 40.5 Å². The van der Waals surface area contributed by atoms with Gasteiger partial charge in [0.1, 0.15) is 0 Å². The Hall–Kier alpha value is -1.55. The molecule has 0 aliphatic heterocycles. The van der Waals surface area contributed by atoms with E-state index >= 15 is 0 Å². The molecular weight excluding hydrogens is 290 g/mol. The summed E-state index contributed by atoms with van der Waals surface area (Å²) in [7, 11) is 0. The second-order valence-electron chi connectivity index (χ2n) is 4.41. The summed E-state index contributed by atoms with van der Waals surface area (Å²) < 4.78 is 0.933. The van der Waals surface area contributed by atoms with E-state index in [2.05, 4.69) is 46.2 Å². The fraction of sp³-hybridized carbons (Fsp3) is 0.214. The molecule has 94 valence electrons. The third-order valence-electron chi connectivity index (χ3n) is 2.65. The summed E-state index contributed by atoms with van der Waals surface area (Å²) in [6, 6.07) is 5.86. The fourth-order valence-corrected chi connectivity index (χ4v) is 2.05. The van der Waals surface area contributed by atoms with E-state index in [0.29, 0.717) is 0 Å². The molecule has 1 heterocycles. The van der Waals surface area contributed by atoms with Crippen LogP contribution in [0.5, 0.6) is 0 Å². The van der Waals surface area contributed by atoms with Crippen LogP contribution in [0.2, 0.25) is 0 Å². The number of nitrogens with two attached hydrogens (primary N) is 1. The topological polar surface area (TPSA) is 50.9 Å². The smallest absolute Gasteiger partial charge is 0.0954 e. The zero-order chi connectivity index (χ0) is 13.1. The zero-order valence-electron chi connectivity index (χ0n) is 10.5. The second kappa shape index (κ2) is 5.40. The third kappa shape index (κ3) is 2.82. The van der Waals surface area contributed by atoms with Crippen molar-refractivity contribution in [1.29, 1.82) is 0 Å². The van der Waals surface area contributed by atoms with Gasteiger partial charge in [-0.2, -0.15) is 0 Å². The molecule has 0 saturated heterocycles. The Morgan fingerprint density at radius 2 is 2.22 bits per heavy atom. The highest BCUT2D eigenvalue weighted by Crippen LogP contribution is 2.28. The molecular formula is C14H16BrN3. The fourth-order valence-electron chi connectivity index (χ4n) is 1.72. The van der Waals surface area contributed by atoms with Gasteiger partial charge in [0.05, 0.1) is 11.2 Å². The predicted molar refractivity (Wildman–Crippen MR) is 81.8 cm³/mol. The van der Waals surface area contributed by atoms with E-state index < -0.39 is 0 Å². The van der Waals surface area contributed by atoms with Gasteiger partial charge in [0, 0.05) is 28.3 Å². The van der Waals surface area contributed by atoms with Crippen molar-refractivity contribution in [3.8, 4) is 0 Å². The number of benzene rings is 1. The van der Waals surface area contributed by atoms with Gasteiger partial charge in [-0.3, -0.25) is 4.98 Å². The second-order valence-corrected chi connectivity index (χ2v) is 5.33. The number of hydrogen-bond donors (Lipinski definition) is 2. The Morgan fingerprint density at radius 3 is 2.94 bits per heavy atom. The molecule has 0 saturated carbocycles. The molecule has 0 unspecified atom stereocenters. The van der Waals surface area contributed by atoms with E-state index in [1.807, 2.05) is 18.2 Å². The number of halogens is 1. The van der Waals surface area contributed by atoms with Crippen molar-refractivity contribution in [3.63, 3.8) is 0 Å². The molecule has 0 fully saturated rings. The number of anilines is 2. The standard InChI is InChI=1S/C14H16BrN3/c1-9(2)5-6-17-13-4-3-12(16)11-7-10(15)8-18-14(11)13/h3-5,7-8,17H,6,16H2,1-2H3. The largest absolute Gasteiger partial charge is 0.398 e. The Kier molecular flexibility index (Phi) is 3.87. The number of allylic oxidation sites excluding steroid dienone is 1. The molecule has 0 aliphatic carbocycles. The maximum absolute atomic E-state index is 5.97. The van der Waals surface area contributed by atoms with Gasteiger partial charge in [0.25, 0.3) is 0 Å². The molecule has 3 N–H and O–H groups in total. The van der Waals surface area contributed by atoms with Crippen molar-refractivity contribution >= 4 is 38.2 Å². The van der Waals surface area contributed by atoms with Crippen LogP contribution in [0.3, 0.4) is 0 Å². The summed E-state index contributed by atoms with van der Waals surface area (Å²) in [5, 5.41) is 4.32. The van der Waals surface area contributed by atoms with Crippen LogP contribution < -0.4 is 11.1 Å². The molecule has 2 aromatic rings. The number of fused-ring (bicyclic) bond motifs is 1. The number of hydrogen-bond acceptors (Lipinski definition) is 3. The highest BCUT2D eigenvalue weighted by Gasteiger charge is 2.05. The van der Waals surface area contributed by atoms with E-state index in [-0.39, 0.29) is 0 Å². The number of rotatable bonds is 3. The molecule has 3 nitrogen and oxygen atoms in total. The summed E-state index contributed by atoms with van der Waals surface area (Å²) in [5.74, 6) is 0. The average molecular weight is 306 g/mol. The SMILES string of the molecule is CC(C)=CCNc1ccc(N)c2cc(Br)cnc12. The summed E-state index contributed by atoms with van der Waals surface area (Å²) in [6.07, 6.45) is 3.93. The molecule has 18 heavy (non-hydrogen) atoms. The van der Waals surface area contributed by atoms with Crippen molar-refractivity contribution in [2.24, 2.45) is 0 Å². The first-order valence-electron chi connectivity index (χ1n) is 5.79. The first-order valence-corrected chi connectivity index (χ1v) is 6.58. The summed E-state index contributed by atoms with van der Waals surface area (Å²) in [5.41, 5.74) is 9.91. The average Bonchev–Trinajstić information content (AvgIpc) is 2.32. The minimum Gasteiger partial charge on any atom is -0.398 e. The molecule has 0 spiro atoms. The number of pyridine rings is 1. The van der Waals surface area contributed by atoms with Gasteiger partial charge >= 0.3 is 0 Å². The lowest BCUT2D eigenvalue weighted by atomic mass is 10.1. The molecule has 0 radical (unpaired) electrons. The van der Waals surface area contributed by atoms with Crippen LogP contribution in [0.1, 0.15) is 13.8 Å². The lowest BCUT2D eigenvalue weighted by Crippen LogP contribution is -2.01. The third-order valence-corrected chi connectivity index (χ3v) is 3.09. The minimum atomic E-state index is 0.742. The Bertz CT molecular complexity index is 601. The Morgan fingerprint density at radius 1 is 1.44 bits per heavy atom. The number of nitrogens with one attached hydrogen (secondary N) is 1. The van der Waals surface area contributed by atoms with Crippen LogP contribution >= 0.6 is 15.9 Å². The summed E-state index contributed by atoms with van der Waals surface area (Å²) in [4.78, 5) is 4.43. The van der Waals surface area contributed by atoms with Gasteiger partial charge in [-0.05, 0) is 48.0 Å². The minimum absolute atomic E-state index is 0.742. The molecule has 0 amide bonds. The van der Waals surface area contributed by atoms with Crippen LogP contribution in [0.4, 0.5) is 11.4 Å². The predicted octanol–water partition coefficient (Wildman–Crippen LogP) is 3.96. The van der Waals surface area contributed by atoms with Crippen LogP contribution in [-0.2, 0) is 0 Å². The number of nitrogens with zero attached hydrogens (tertiary/aromatic N) is 1. The molecule has 1 aromatic carbocycles. The molecule has 0 atom stereocenters. The van der Waals surface area contributed by atoms with Gasteiger partial charge in [-0.15, -0.1) is 0 Å². The number of nitrogen functional groups attached to an aromatic ring is 1. The lowest BCUT2D eigenvalue weighted by Gasteiger charge is -2.09. The van der Waals surface area contributed by atoms with E-state index in [4.69, 9.17) is 5.73 Å². The van der Waals surface area contributed by atoms with Gasteiger partial charge in [-0.1, -0.05) is 11.6 Å². The zero-order valence-corrected chi connectivity index (χ0v) is 12.1. The molecule has 4 heteroatoms. The summed E-state index contributed by atoms with van der Waals surface area (Å²) >= 11 is 3.41. The van der Waals surface area contributed by atoms with E-state index in [1.54, 1.807) is 6.20 Å². The molecule has 0 aliphatic rings. The Labute approximate surface area is 115 Å². The van der Waals surface area contributed by atoms with Gasteiger partial charge in [-0.25, -0.2) is 0 Å². The lowest BCUT2D eigenvalue weighted by molar-refractivity contribution is 1.26. The van der Waals surface area contributed by atoms with Crippen LogP contribution in [0.15, 0.2) is 40.5 Å². The van der Waals surface area contributed by atoms with E-state index in [0.717, 1.165) is 33.3 Å². The number of aromatic nitrogens is 1. The van der Waals surface area contributed by atoms with Gasteiger partial charge < -0.3 is 11.1 Å². The maximum Gasteiger partial charge on any atom is 0.0954 e. The van der Waals surface area contributed by atoms with Crippen molar-refractivity contribution in [1.82, 2.24) is 4.98 Å². The molecule has 0 bridgehead atoms. The van der Waals surface area contributed by atoms with Crippen LogP contribution in [-0.4, -0.2) is 11.5 Å². The first kappa shape index (κ1) is 12.9. The van der Waals surface area contributed by atoms with Crippen LogP contribution in [0.25, 0.3) is 10.9 Å². The monoisotopic (exact) mass is 305 g/mol. The van der Waals surface area contributed by atoms with Crippen molar-refractivity contribution in [2.75, 3.05) is 17.6 Å². The summed E-state index contributed by atoms with van der Waals surface area (Å²) in [6.45, 7) is 4.95. The first-order chi connectivity index (χ1) is 8.58. The van der Waals surface area contributed by atoms with E-state index in [1.165, 1.54) is 5.57 Å². The van der Waals surface area contributed by atoms with Crippen LogP contribution in [0, 0.1) is 0 Å². The highest BCUT2D eigenvalue weighted by atomic mass is 79.9. The molecule has 1 aromatic heterocycles. The van der Waals surface area contributed by atoms with Crippen molar-refractivity contribution < 1.29 is 0 Å². The normalized spacial score (nSPS) is 10.4.